The molecular formula is C12H14N4O2. The highest BCUT2D eigenvalue weighted by Gasteiger charge is 2.26. The van der Waals surface area contributed by atoms with E-state index in [0.717, 1.165) is 11.0 Å². The average molecular weight is 246 g/mol. The van der Waals surface area contributed by atoms with Crippen LogP contribution in [0.25, 0.3) is 11.0 Å². The van der Waals surface area contributed by atoms with Gasteiger partial charge < -0.3 is 20.7 Å². The van der Waals surface area contributed by atoms with Crippen LogP contribution in [0.3, 0.4) is 0 Å². The second-order valence-electron chi connectivity index (χ2n) is 4.47. The molecule has 1 aliphatic rings. The van der Waals surface area contributed by atoms with Crippen molar-refractivity contribution in [1.82, 2.24) is 14.9 Å². The molecule has 94 valence electrons. The van der Waals surface area contributed by atoms with Crippen LogP contribution in [0.1, 0.15) is 18.3 Å². The maximum atomic E-state index is 11.3. The van der Waals surface area contributed by atoms with Crippen molar-refractivity contribution in [3.63, 3.8) is 0 Å². The van der Waals surface area contributed by atoms with Crippen molar-refractivity contribution in [3.05, 3.63) is 24.0 Å². The number of hydrogen-bond acceptors (Lipinski definition) is 4. The average Bonchev–Trinajstić information content (AvgIpc) is 2.91. The molecule has 1 unspecified atom stereocenters. The van der Waals surface area contributed by atoms with Crippen molar-refractivity contribution in [1.29, 1.82) is 0 Å². The molecule has 2 heterocycles. The number of benzene rings is 1. The number of nitrogens with zero attached hydrogens (tertiary/aromatic N) is 2. The number of aliphatic hydroxyl groups is 1. The van der Waals surface area contributed by atoms with Crippen molar-refractivity contribution >= 4 is 22.6 Å². The quantitative estimate of drug-likeness (QED) is 0.658. The Morgan fingerprint density at radius 1 is 1.56 bits per heavy atom. The lowest BCUT2D eigenvalue weighted by molar-refractivity contribution is -0.119. The molecule has 1 aromatic carbocycles. The van der Waals surface area contributed by atoms with Crippen molar-refractivity contribution in [3.8, 4) is 0 Å². The van der Waals surface area contributed by atoms with E-state index in [4.69, 9.17) is 5.73 Å². The van der Waals surface area contributed by atoms with E-state index in [-0.39, 0.29) is 18.6 Å². The molecule has 1 atom stereocenters. The minimum atomic E-state index is -0.153. The zero-order valence-corrected chi connectivity index (χ0v) is 9.76. The lowest BCUT2D eigenvalue weighted by Crippen LogP contribution is -2.16. The second kappa shape index (κ2) is 3.99. The standard InChI is InChI=1S/C12H14N4O2/c13-7-1-2-10-9(3-7)15-11(6-17)16(10)8-4-12(18)14-5-8/h1-3,8,17H,4-6,13H2,(H,14,18). The van der Waals surface area contributed by atoms with Gasteiger partial charge in [-0.05, 0) is 18.2 Å². The van der Waals surface area contributed by atoms with E-state index < -0.39 is 0 Å². The number of anilines is 1. The summed E-state index contributed by atoms with van der Waals surface area (Å²) in [6.45, 7) is 0.418. The zero-order chi connectivity index (χ0) is 12.7. The van der Waals surface area contributed by atoms with E-state index in [0.29, 0.717) is 24.5 Å². The number of nitrogens with one attached hydrogen (secondary N) is 1. The lowest BCUT2D eigenvalue weighted by atomic mass is 10.2. The summed E-state index contributed by atoms with van der Waals surface area (Å²) in [5, 5.41) is 12.2. The number of rotatable bonds is 2. The first kappa shape index (κ1) is 11.0. The molecule has 2 aromatic rings. The lowest BCUT2D eigenvalue weighted by Gasteiger charge is -2.13. The van der Waals surface area contributed by atoms with Crippen molar-refractivity contribution in [2.45, 2.75) is 19.1 Å². The molecule has 18 heavy (non-hydrogen) atoms. The molecule has 6 heteroatoms. The molecule has 1 saturated heterocycles. The van der Waals surface area contributed by atoms with Gasteiger partial charge in [-0.15, -0.1) is 0 Å². The van der Waals surface area contributed by atoms with E-state index in [2.05, 4.69) is 10.3 Å². The fourth-order valence-electron chi connectivity index (χ4n) is 2.46. The molecule has 0 bridgehead atoms. The fraction of sp³-hybridized carbons (Fsp3) is 0.333. The number of carbonyl (C=O) groups excluding carboxylic acids is 1. The van der Waals surface area contributed by atoms with Crippen LogP contribution < -0.4 is 11.1 Å². The fourth-order valence-corrected chi connectivity index (χ4v) is 2.46. The van der Waals surface area contributed by atoms with Gasteiger partial charge in [-0.1, -0.05) is 0 Å². The van der Waals surface area contributed by atoms with Crippen molar-refractivity contribution in [2.24, 2.45) is 0 Å². The van der Waals surface area contributed by atoms with Gasteiger partial charge in [0.1, 0.15) is 12.4 Å². The third-order valence-electron chi connectivity index (χ3n) is 3.25. The third kappa shape index (κ3) is 1.62. The van der Waals surface area contributed by atoms with Crippen molar-refractivity contribution < 1.29 is 9.90 Å². The first-order valence-electron chi connectivity index (χ1n) is 5.83. The van der Waals surface area contributed by atoms with E-state index >= 15 is 0 Å². The smallest absolute Gasteiger partial charge is 0.222 e. The Hall–Kier alpha value is -2.08. The summed E-state index contributed by atoms with van der Waals surface area (Å²) >= 11 is 0. The maximum Gasteiger partial charge on any atom is 0.222 e. The largest absolute Gasteiger partial charge is 0.399 e. The van der Waals surface area contributed by atoms with Crippen LogP contribution in [0.5, 0.6) is 0 Å². The van der Waals surface area contributed by atoms with Gasteiger partial charge in [-0.25, -0.2) is 4.98 Å². The van der Waals surface area contributed by atoms with Crippen LogP contribution in [0, 0.1) is 0 Å². The van der Waals surface area contributed by atoms with Crippen LogP contribution in [0.2, 0.25) is 0 Å². The Balaban J connectivity index is 2.16. The van der Waals surface area contributed by atoms with Gasteiger partial charge >= 0.3 is 0 Å². The molecule has 1 aromatic heterocycles. The highest BCUT2D eigenvalue weighted by Crippen LogP contribution is 2.26. The molecule has 3 rings (SSSR count). The molecule has 1 amide bonds. The van der Waals surface area contributed by atoms with Gasteiger partial charge in [0.05, 0.1) is 17.1 Å². The molecular weight excluding hydrogens is 232 g/mol. The number of hydrogen-bond donors (Lipinski definition) is 3. The third-order valence-corrected chi connectivity index (χ3v) is 3.25. The highest BCUT2D eigenvalue weighted by molar-refractivity contribution is 5.82. The number of fused-ring (bicyclic) bond motifs is 1. The van der Waals surface area contributed by atoms with Gasteiger partial charge in [0.15, 0.2) is 0 Å². The van der Waals surface area contributed by atoms with E-state index in [1.54, 1.807) is 12.1 Å². The van der Waals surface area contributed by atoms with E-state index in [1.807, 2.05) is 10.6 Å². The summed E-state index contributed by atoms with van der Waals surface area (Å²) in [7, 11) is 0. The van der Waals surface area contributed by atoms with Gasteiger partial charge in [0.25, 0.3) is 0 Å². The van der Waals surface area contributed by atoms with Crippen LogP contribution in [-0.2, 0) is 11.4 Å². The molecule has 0 spiro atoms. The molecule has 1 fully saturated rings. The summed E-state index contributed by atoms with van der Waals surface area (Å²) in [6.07, 6.45) is 0.419. The number of aliphatic hydroxyl groups excluding tert-OH is 1. The summed E-state index contributed by atoms with van der Waals surface area (Å²) < 4.78 is 1.92. The van der Waals surface area contributed by atoms with Gasteiger partial charge in [-0.2, -0.15) is 0 Å². The number of imidazole rings is 1. The Morgan fingerprint density at radius 2 is 2.39 bits per heavy atom. The Bertz CT molecular complexity index is 620. The minimum Gasteiger partial charge on any atom is -0.399 e. The van der Waals surface area contributed by atoms with Gasteiger partial charge in [0.2, 0.25) is 5.91 Å². The maximum absolute atomic E-state index is 11.3. The molecule has 0 aliphatic carbocycles. The first-order valence-corrected chi connectivity index (χ1v) is 5.83. The second-order valence-corrected chi connectivity index (χ2v) is 4.47. The van der Waals surface area contributed by atoms with Crippen LogP contribution >= 0.6 is 0 Å². The molecule has 0 saturated carbocycles. The van der Waals surface area contributed by atoms with Crippen LogP contribution in [0.4, 0.5) is 5.69 Å². The Kier molecular flexibility index (Phi) is 2.45. The van der Waals surface area contributed by atoms with Crippen molar-refractivity contribution in [2.75, 3.05) is 12.3 Å². The topological polar surface area (TPSA) is 93.2 Å². The van der Waals surface area contributed by atoms with E-state index in [1.165, 1.54) is 0 Å². The van der Waals surface area contributed by atoms with Gasteiger partial charge in [0, 0.05) is 18.7 Å². The monoisotopic (exact) mass is 246 g/mol. The number of aromatic nitrogens is 2. The number of carbonyl (C=O) groups is 1. The SMILES string of the molecule is Nc1ccc2c(c1)nc(CO)n2C1CNC(=O)C1. The first-order chi connectivity index (χ1) is 8.69. The minimum absolute atomic E-state index is 0.00766. The Labute approximate surface area is 103 Å². The summed E-state index contributed by atoms with van der Waals surface area (Å²) in [6, 6.07) is 5.45. The van der Waals surface area contributed by atoms with Gasteiger partial charge in [-0.3, -0.25) is 4.79 Å². The summed E-state index contributed by atoms with van der Waals surface area (Å²) in [5.41, 5.74) is 8.00. The predicted octanol–water partition coefficient (Wildman–Crippen LogP) is 0.172. The zero-order valence-electron chi connectivity index (χ0n) is 9.76. The Morgan fingerprint density at radius 3 is 3.06 bits per heavy atom. The molecule has 0 radical (unpaired) electrons. The molecule has 4 N–H and O–H groups in total. The summed E-state index contributed by atoms with van der Waals surface area (Å²) in [4.78, 5) is 15.7. The molecule has 1 aliphatic heterocycles. The number of nitrogen functional groups attached to an aromatic ring is 1. The highest BCUT2D eigenvalue weighted by atomic mass is 16.3. The normalized spacial score (nSPS) is 19.4. The van der Waals surface area contributed by atoms with E-state index in [9.17, 15) is 9.90 Å². The predicted molar refractivity (Wildman–Crippen MR) is 66.7 cm³/mol. The van der Waals surface area contributed by atoms with Crippen LogP contribution in [-0.4, -0.2) is 27.1 Å². The summed E-state index contributed by atoms with van der Waals surface area (Å²) in [5.74, 6) is 0.596. The number of nitrogens with two attached hydrogens (primary N) is 1. The molecule has 6 nitrogen and oxygen atoms in total. The number of amides is 1. The van der Waals surface area contributed by atoms with Crippen LogP contribution in [0.15, 0.2) is 18.2 Å².